The smallest absolute Gasteiger partial charge is 0.264 e. The molecule has 0 amide bonds. The maximum Gasteiger partial charge on any atom is 0.264 e. The van der Waals surface area contributed by atoms with Gasteiger partial charge in [-0.15, -0.1) is 0 Å². The molecule has 6 heteroatoms. The zero-order chi connectivity index (χ0) is 19.4. The van der Waals surface area contributed by atoms with Crippen molar-refractivity contribution in [3.05, 3.63) is 89.4 Å². The molecule has 140 valence electrons. The maximum absolute atomic E-state index is 13.5. The SMILES string of the molecule is COc1cccc(C(C)N(c2cccc(Cl)c2)S(=O)(=O)c2ccccc2)c1. The fourth-order valence-electron chi connectivity index (χ4n) is 2.93. The first-order valence-electron chi connectivity index (χ1n) is 8.42. The second-order valence-electron chi connectivity index (χ2n) is 6.05. The molecule has 3 aromatic rings. The topological polar surface area (TPSA) is 46.6 Å². The van der Waals surface area contributed by atoms with Gasteiger partial charge < -0.3 is 4.74 Å². The zero-order valence-electron chi connectivity index (χ0n) is 15.0. The molecule has 0 aliphatic heterocycles. The third kappa shape index (κ3) is 4.10. The summed E-state index contributed by atoms with van der Waals surface area (Å²) < 4.78 is 33.6. The minimum Gasteiger partial charge on any atom is -0.497 e. The van der Waals surface area contributed by atoms with Crippen LogP contribution in [0.25, 0.3) is 0 Å². The average Bonchev–Trinajstić information content (AvgIpc) is 2.68. The summed E-state index contributed by atoms with van der Waals surface area (Å²) in [4.78, 5) is 0.222. The molecule has 0 radical (unpaired) electrons. The van der Waals surface area contributed by atoms with Gasteiger partial charge in [-0.05, 0) is 55.0 Å². The van der Waals surface area contributed by atoms with Crippen molar-refractivity contribution in [1.29, 1.82) is 0 Å². The molecule has 0 heterocycles. The molecule has 0 aromatic heterocycles. The maximum atomic E-state index is 13.5. The fourth-order valence-corrected chi connectivity index (χ4v) is 4.77. The Morgan fingerprint density at radius 3 is 2.30 bits per heavy atom. The second-order valence-corrected chi connectivity index (χ2v) is 8.30. The predicted octanol–water partition coefficient (Wildman–Crippen LogP) is 5.31. The molecule has 3 aromatic carbocycles. The standard InChI is InChI=1S/C21H20ClNO3S/c1-16(17-8-6-11-20(14-17)26-2)23(19-10-7-9-18(22)15-19)27(24,25)21-12-4-3-5-13-21/h3-16H,1-2H3. The van der Waals surface area contributed by atoms with E-state index in [0.29, 0.717) is 16.5 Å². The van der Waals surface area contributed by atoms with Crippen molar-refractivity contribution in [2.24, 2.45) is 0 Å². The van der Waals surface area contributed by atoms with E-state index in [1.807, 2.05) is 31.2 Å². The summed E-state index contributed by atoms with van der Waals surface area (Å²) in [6.45, 7) is 1.84. The Morgan fingerprint density at radius 2 is 1.63 bits per heavy atom. The van der Waals surface area contributed by atoms with Crippen LogP contribution in [0.15, 0.2) is 83.8 Å². The highest BCUT2D eigenvalue weighted by Gasteiger charge is 2.30. The predicted molar refractivity (Wildman–Crippen MR) is 109 cm³/mol. The van der Waals surface area contributed by atoms with Gasteiger partial charge in [0.2, 0.25) is 0 Å². The fraction of sp³-hybridized carbons (Fsp3) is 0.143. The normalized spacial score (nSPS) is 12.4. The van der Waals surface area contributed by atoms with E-state index in [1.54, 1.807) is 61.7 Å². The lowest BCUT2D eigenvalue weighted by molar-refractivity contribution is 0.414. The lowest BCUT2D eigenvalue weighted by Crippen LogP contribution is -2.33. The molecule has 27 heavy (non-hydrogen) atoms. The third-order valence-corrected chi connectivity index (χ3v) is 6.44. The number of hydrogen-bond donors (Lipinski definition) is 0. The summed E-state index contributed by atoms with van der Waals surface area (Å²) in [6, 6.07) is 22.1. The average molecular weight is 402 g/mol. The van der Waals surface area contributed by atoms with Crippen molar-refractivity contribution in [3.8, 4) is 5.75 Å². The molecule has 0 aliphatic rings. The second kappa shape index (κ2) is 8.03. The van der Waals surface area contributed by atoms with Crippen molar-refractivity contribution >= 4 is 27.3 Å². The van der Waals surface area contributed by atoms with E-state index in [0.717, 1.165) is 5.56 Å². The number of nitrogens with zero attached hydrogens (tertiary/aromatic N) is 1. The highest BCUT2D eigenvalue weighted by atomic mass is 35.5. The number of halogens is 1. The van der Waals surface area contributed by atoms with Gasteiger partial charge >= 0.3 is 0 Å². The summed E-state index contributed by atoms with van der Waals surface area (Å²) in [7, 11) is -2.22. The molecule has 0 saturated carbocycles. The Hall–Kier alpha value is -2.50. The summed E-state index contributed by atoms with van der Waals surface area (Å²) >= 11 is 6.14. The summed E-state index contributed by atoms with van der Waals surface area (Å²) in [6.07, 6.45) is 0. The van der Waals surface area contributed by atoms with Crippen molar-refractivity contribution in [3.63, 3.8) is 0 Å². The van der Waals surface area contributed by atoms with Gasteiger partial charge in [0.15, 0.2) is 0 Å². The van der Waals surface area contributed by atoms with Gasteiger partial charge in [-0.25, -0.2) is 8.42 Å². The number of sulfonamides is 1. The Labute approximate surface area is 165 Å². The Kier molecular flexibility index (Phi) is 5.73. The van der Waals surface area contributed by atoms with Crippen LogP contribution in [0.4, 0.5) is 5.69 Å². The molecular weight excluding hydrogens is 382 g/mol. The van der Waals surface area contributed by atoms with Gasteiger partial charge in [-0.3, -0.25) is 4.31 Å². The number of benzene rings is 3. The Morgan fingerprint density at radius 1 is 0.926 bits per heavy atom. The first kappa shape index (κ1) is 19.3. The molecule has 0 spiro atoms. The highest BCUT2D eigenvalue weighted by Crippen LogP contribution is 2.35. The summed E-state index contributed by atoms with van der Waals surface area (Å²) in [5.41, 5.74) is 1.32. The monoisotopic (exact) mass is 401 g/mol. The van der Waals surface area contributed by atoms with Gasteiger partial charge in [0, 0.05) is 5.02 Å². The van der Waals surface area contributed by atoms with Gasteiger partial charge in [0.1, 0.15) is 5.75 Å². The minimum absolute atomic E-state index is 0.222. The van der Waals surface area contributed by atoms with Gasteiger partial charge in [0.25, 0.3) is 10.0 Å². The van der Waals surface area contributed by atoms with Crippen LogP contribution in [-0.2, 0) is 10.0 Å². The first-order chi connectivity index (χ1) is 12.9. The van der Waals surface area contributed by atoms with Crippen molar-refractivity contribution < 1.29 is 13.2 Å². The van der Waals surface area contributed by atoms with Crippen LogP contribution in [0.3, 0.4) is 0 Å². The van der Waals surface area contributed by atoms with Crippen LogP contribution in [0.2, 0.25) is 5.02 Å². The Bertz CT molecular complexity index is 1020. The van der Waals surface area contributed by atoms with Crippen molar-refractivity contribution in [2.75, 3.05) is 11.4 Å². The van der Waals surface area contributed by atoms with E-state index in [4.69, 9.17) is 16.3 Å². The van der Waals surface area contributed by atoms with Crippen molar-refractivity contribution in [2.45, 2.75) is 17.9 Å². The minimum atomic E-state index is -3.80. The molecule has 1 atom stereocenters. The quantitative estimate of drug-likeness (QED) is 0.562. The van der Waals surface area contributed by atoms with E-state index in [2.05, 4.69) is 0 Å². The summed E-state index contributed by atoms with van der Waals surface area (Å²) in [5, 5.41) is 0.471. The van der Waals surface area contributed by atoms with E-state index in [9.17, 15) is 8.42 Å². The first-order valence-corrected chi connectivity index (χ1v) is 10.2. The van der Waals surface area contributed by atoms with Crippen LogP contribution in [0.5, 0.6) is 5.75 Å². The van der Waals surface area contributed by atoms with E-state index >= 15 is 0 Å². The largest absolute Gasteiger partial charge is 0.497 e. The Balaban J connectivity index is 2.16. The highest BCUT2D eigenvalue weighted by molar-refractivity contribution is 7.92. The number of methoxy groups -OCH3 is 1. The van der Waals surface area contributed by atoms with E-state index < -0.39 is 16.1 Å². The molecule has 0 bridgehead atoms. The third-order valence-electron chi connectivity index (χ3n) is 4.29. The van der Waals surface area contributed by atoms with Crippen molar-refractivity contribution in [1.82, 2.24) is 0 Å². The zero-order valence-corrected chi connectivity index (χ0v) is 16.6. The number of hydrogen-bond acceptors (Lipinski definition) is 3. The lowest BCUT2D eigenvalue weighted by Gasteiger charge is -2.31. The molecule has 0 saturated heterocycles. The number of ether oxygens (including phenoxy) is 1. The van der Waals surface area contributed by atoms with Crippen LogP contribution < -0.4 is 9.04 Å². The van der Waals surface area contributed by atoms with Gasteiger partial charge in [-0.1, -0.05) is 48.0 Å². The molecule has 4 nitrogen and oxygen atoms in total. The van der Waals surface area contributed by atoms with E-state index in [-0.39, 0.29) is 4.90 Å². The van der Waals surface area contributed by atoms with Crippen LogP contribution in [0.1, 0.15) is 18.5 Å². The number of rotatable bonds is 6. The molecule has 3 rings (SSSR count). The lowest BCUT2D eigenvalue weighted by atomic mass is 10.1. The summed E-state index contributed by atoms with van der Waals surface area (Å²) in [5.74, 6) is 0.669. The molecule has 0 aliphatic carbocycles. The van der Waals surface area contributed by atoms with Crippen LogP contribution >= 0.6 is 11.6 Å². The van der Waals surface area contributed by atoms with Gasteiger partial charge in [0.05, 0.1) is 23.7 Å². The number of anilines is 1. The molecule has 1 unspecified atom stereocenters. The van der Waals surface area contributed by atoms with Crippen LogP contribution in [0, 0.1) is 0 Å². The van der Waals surface area contributed by atoms with E-state index in [1.165, 1.54) is 4.31 Å². The van der Waals surface area contributed by atoms with Crippen LogP contribution in [-0.4, -0.2) is 15.5 Å². The molecular formula is C21H20ClNO3S. The molecule has 0 N–H and O–H groups in total. The van der Waals surface area contributed by atoms with Gasteiger partial charge in [-0.2, -0.15) is 0 Å². The molecule has 0 fully saturated rings.